The summed E-state index contributed by atoms with van der Waals surface area (Å²) in [6.07, 6.45) is 5.90. The molecule has 27 heavy (non-hydrogen) atoms. The molecule has 2 saturated heterocycles. The average molecular weight is 389 g/mol. The van der Waals surface area contributed by atoms with Gasteiger partial charge in [-0.05, 0) is 39.0 Å². The van der Waals surface area contributed by atoms with Crippen LogP contribution in [-0.4, -0.2) is 82.9 Å². The minimum absolute atomic E-state index is 0.439. The van der Waals surface area contributed by atoms with Gasteiger partial charge in [-0.2, -0.15) is 0 Å². The van der Waals surface area contributed by atoms with E-state index in [1.165, 1.54) is 0 Å². The van der Waals surface area contributed by atoms with Crippen LogP contribution in [0.15, 0.2) is 18.5 Å². The van der Waals surface area contributed by atoms with Crippen LogP contribution in [0.2, 0.25) is 0 Å². The molecule has 7 nitrogen and oxygen atoms in total. The molecule has 0 spiro atoms. The van der Waals surface area contributed by atoms with Crippen molar-refractivity contribution in [3.05, 3.63) is 24.3 Å². The van der Waals surface area contributed by atoms with Crippen LogP contribution in [0.1, 0.15) is 24.6 Å². The van der Waals surface area contributed by atoms with Crippen molar-refractivity contribution in [2.24, 2.45) is 0 Å². The zero-order valence-electron chi connectivity index (χ0n) is 15.9. The predicted molar refractivity (Wildman–Crippen MR) is 110 cm³/mol. The van der Waals surface area contributed by atoms with E-state index in [1.54, 1.807) is 0 Å². The molecule has 0 atom stereocenters. The first-order valence-corrected chi connectivity index (χ1v) is 10.7. The van der Waals surface area contributed by atoms with Crippen molar-refractivity contribution in [2.45, 2.75) is 18.8 Å². The largest absolute Gasteiger partial charge is 0.379 e. The Labute approximate surface area is 165 Å². The van der Waals surface area contributed by atoms with E-state index in [1.807, 2.05) is 30.4 Å². The van der Waals surface area contributed by atoms with Crippen molar-refractivity contribution < 1.29 is 4.74 Å². The smallest absolute Gasteiger partial charge is 0.137 e. The molecule has 0 aromatic carbocycles. The van der Waals surface area contributed by atoms with Gasteiger partial charge in [0.25, 0.3) is 0 Å². The van der Waals surface area contributed by atoms with Crippen LogP contribution in [-0.2, 0) is 4.74 Å². The van der Waals surface area contributed by atoms with E-state index in [2.05, 4.69) is 26.6 Å². The monoisotopic (exact) mass is 388 g/mol. The molecule has 2 aromatic rings. The highest BCUT2D eigenvalue weighted by molar-refractivity contribution is 7.97. The number of piperidine rings is 1. The molecular formula is C19H28N6OS. The van der Waals surface area contributed by atoms with Crippen LogP contribution in [0.4, 0.5) is 5.82 Å². The van der Waals surface area contributed by atoms with Gasteiger partial charge in [-0.15, -0.1) is 0 Å². The lowest BCUT2D eigenvalue weighted by molar-refractivity contribution is 0.0773. The molecule has 2 aromatic heterocycles. The molecule has 0 aliphatic carbocycles. The molecule has 1 N–H and O–H groups in total. The van der Waals surface area contributed by atoms with Crippen LogP contribution in [0.5, 0.6) is 0 Å². The second-order valence-corrected chi connectivity index (χ2v) is 8.39. The Morgan fingerprint density at radius 2 is 2.00 bits per heavy atom. The Bertz CT molecular complexity index is 746. The third-order valence-corrected chi connectivity index (χ3v) is 6.36. The molecule has 8 heteroatoms. The summed E-state index contributed by atoms with van der Waals surface area (Å²) < 4.78 is 7.79. The van der Waals surface area contributed by atoms with E-state index in [0.29, 0.717) is 5.92 Å². The van der Waals surface area contributed by atoms with E-state index in [-0.39, 0.29) is 0 Å². The Hall–Kier alpha value is -1.48. The van der Waals surface area contributed by atoms with Gasteiger partial charge in [0.05, 0.1) is 24.9 Å². The maximum atomic E-state index is 5.40. The van der Waals surface area contributed by atoms with Gasteiger partial charge >= 0.3 is 0 Å². The fraction of sp³-hybridized carbons (Fsp3) is 0.632. The van der Waals surface area contributed by atoms with Gasteiger partial charge in [-0.3, -0.25) is 4.98 Å². The predicted octanol–water partition coefficient (Wildman–Crippen LogP) is 2.23. The van der Waals surface area contributed by atoms with E-state index in [0.717, 1.165) is 87.1 Å². The van der Waals surface area contributed by atoms with Gasteiger partial charge < -0.3 is 15.0 Å². The van der Waals surface area contributed by atoms with Crippen molar-refractivity contribution >= 4 is 28.7 Å². The lowest BCUT2D eigenvalue weighted by Crippen LogP contribution is -2.31. The molecule has 0 unspecified atom stereocenters. The molecule has 0 saturated carbocycles. The summed E-state index contributed by atoms with van der Waals surface area (Å²) in [5, 5.41) is 4.60. The number of pyridine rings is 1. The molecule has 0 amide bonds. The Morgan fingerprint density at radius 3 is 2.81 bits per heavy atom. The van der Waals surface area contributed by atoms with E-state index >= 15 is 0 Å². The number of ether oxygens (including phenoxy) is 1. The quantitative estimate of drug-likeness (QED) is 0.597. The lowest BCUT2D eigenvalue weighted by Gasteiger charge is -2.28. The normalized spacial score (nSPS) is 20.2. The van der Waals surface area contributed by atoms with Crippen molar-refractivity contribution in [3.63, 3.8) is 0 Å². The number of nitrogens with one attached hydrogen (secondary N) is 1. The molecule has 0 radical (unpaired) electrons. The highest BCUT2D eigenvalue weighted by Crippen LogP contribution is 2.28. The number of likely N-dealkylation sites (tertiary alicyclic amines) is 1. The maximum Gasteiger partial charge on any atom is 0.137 e. The van der Waals surface area contributed by atoms with Gasteiger partial charge in [0.15, 0.2) is 0 Å². The minimum atomic E-state index is 0.439. The summed E-state index contributed by atoms with van der Waals surface area (Å²) in [6.45, 7) is 6.79. The number of rotatable bonds is 6. The van der Waals surface area contributed by atoms with E-state index in [4.69, 9.17) is 14.7 Å². The zero-order chi connectivity index (χ0) is 18.5. The summed E-state index contributed by atoms with van der Waals surface area (Å²) in [7, 11) is 2.18. The number of hydrogen-bond acceptors (Lipinski definition) is 8. The van der Waals surface area contributed by atoms with Gasteiger partial charge in [0.2, 0.25) is 0 Å². The second kappa shape index (κ2) is 9.14. The Balaban J connectivity index is 1.43. The Morgan fingerprint density at radius 1 is 1.19 bits per heavy atom. The van der Waals surface area contributed by atoms with Crippen LogP contribution in [0, 0.1) is 0 Å². The summed E-state index contributed by atoms with van der Waals surface area (Å²) in [6, 6.07) is 2.01. The number of anilines is 1. The van der Waals surface area contributed by atoms with Crippen LogP contribution >= 0.6 is 11.9 Å². The van der Waals surface area contributed by atoms with Crippen LogP contribution in [0.25, 0.3) is 10.9 Å². The van der Waals surface area contributed by atoms with Gasteiger partial charge in [-0.25, -0.2) is 14.3 Å². The highest BCUT2D eigenvalue weighted by Gasteiger charge is 2.22. The van der Waals surface area contributed by atoms with Gasteiger partial charge in [0, 0.05) is 42.9 Å². The summed E-state index contributed by atoms with van der Waals surface area (Å²) in [5.41, 5.74) is 0.935. The summed E-state index contributed by atoms with van der Waals surface area (Å²) >= 11 is 1.88. The van der Waals surface area contributed by atoms with Gasteiger partial charge in [0.1, 0.15) is 11.6 Å². The van der Waals surface area contributed by atoms with Gasteiger partial charge in [-0.1, -0.05) is 11.9 Å². The molecular weight excluding hydrogens is 360 g/mol. The van der Waals surface area contributed by atoms with Crippen molar-refractivity contribution in [1.82, 2.24) is 24.2 Å². The van der Waals surface area contributed by atoms with Crippen molar-refractivity contribution in [1.29, 1.82) is 0 Å². The second-order valence-electron chi connectivity index (χ2n) is 7.20. The maximum absolute atomic E-state index is 5.40. The first-order valence-electron chi connectivity index (χ1n) is 9.79. The van der Waals surface area contributed by atoms with E-state index < -0.39 is 0 Å². The number of aromatic nitrogens is 3. The van der Waals surface area contributed by atoms with Crippen molar-refractivity contribution in [2.75, 3.05) is 64.1 Å². The number of fused-ring (bicyclic) bond motifs is 1. The summed E-state index contributed by atoms with van der Waals surface area (Å²) in [5.74, 6) is 3.36. The lowest BCUT2D eigenvalue weighted by atomic mass is 9.96. The minimum Gasteiger partial charge on any atom is -0.379 e. The first-order chi connectivity index (χ1) is 13.3. The molecule has 2 aliphatic heterocycles. The van der Waals surface area contributed by atoms with Crippen molar-refractivity contribution in [3.8, 4) is 0 Å². The number of hydrogen-bond donors (Lipinski definition) is 1. The first kappa shape index (κ1) is 18.9. The van der Waals surface area contributed by atoms with E-state index in [9.17, 15) is 0 Å². The zero-order valence-corrected chi connectivity index (χ0v) is 16.7. The molecule has 146 valence electrons. The molecule has 2 aliphatic rings. The van der Waals surface area contributed by atoms with Crippen LogP contribution < -0.4 is 5.32 Å². The summed E-state index contributed by atoms with van der Waals surface area (Å²) in [4.78, 5) is 16.4. The standard InChI is InChI=1S/C19H28N6OS/c1-24-7-3-15(4-8-24)18-22-17-14-20-5-2-16(17)19(23-18)21-6-13-27-25-9-11-26-12-10-25/h2,5,14-15H,3-4,6-13H2,1H3,(H,21,22,23). The Kier molecular flexibility index (Phi) is 6.39. The highest BCUT2D eigenvalue weighted by atomic mass is 32.2. The average Bonchev–Trinajstić information content (AvgIpc) is 2.72. The number of nitrogens with zero attached hydrogens (tertiary/aromatic N) is 5. The third kappa shape index (κ3) is 4.87. The number of morpholine rings is 1. The van der Waals surface area contributed by atoms with Crippen LogP contribution in [0.3, 0.4) is 0 Å². The third-order valence-electron chi connectivity index (χ3n) is 5.24. The molecule has 4 heterocycles. The topological polar surface area (TPSA) is 66.4 Å². The molecule has 4 rings (SSSR count). The molecule has 2 fully saturated rings. The SMILES string of the molecule is CN1CCC(c2nc(NCCSN3CCOCC3)c3ccncc3n2)CC1. The fourth-order valence-corrected chi connectivity index (χ4v) is 4.46. The fourth-order valence-electron chi connectivity index (χ4n) is 3.60. The molecule has 0 bridgehead atoms.